The number of nitrogens with zero attached hydrogens (tertiary/aromatic N) is 3. The van der Waals surface area contributed by atoms with Crippen molar-refractivity contribution in [1.82, 2.24) is 0 Å². The van der Waals surface area contributed by atoms with Crippen LogP contribution in [0.4, 0.5) is 11.4 Å². The second-order valence-electron chi connectivity index (χ2n) is 6.25. The van der Waals surface area contributed by atoms with Crippen molar-refractivity contribution in [1.29, 1.82) is 0 Å². The number of methoxy groups -OCH3 is 1. The molecule has 0 radical (unpaired) electrons. The molecule has 1 aliphatic rings. The number of carbonyl (C=O) groups excluding carboxylic acids is 1. The molecule has 2 aromatic carbocycles. The molecule has 0 atom stereocenters. The summed E-state index contributed by atoms with van der Waals surface area (Å²) in [5, 5.41) is 5.91. The monoisotopic (exact) mass is 363 g/mol. The third-order valence-corrected chi connectivity index (χ3v) is 4.57. The fourth-order valence-corrected chi connectivity index (χ4v) is 3.13. The van der Waals surface area contributed by atoms with Gasteiger partial charge in [-0.1, -0.05) is 30.3 Å². The molecule has 0 aliphatic carbocycles. The Bertz CT molecular complexity index is 838. The van der Waals surface area contributed by atoms with E-state index >= 15 is 0 Å². The van der Waals surface area contributed by atoms with Crippen molar-refractivity contribution < 1.29 is 9.53 Å². The van der Waals surface area contributed by atoms with E-state index in [2.05, 4.69) is 36.0 Å². The lowest BCUT2D eigenvalue weighted by atomic mass is 10.1. The van der Waals surface area contributed by atoms with Crippen LogP contribution in [0.2, 0.25) is 0 Å². The van der Waals surface area contributed by atoms with Crippen LogP contribution in [0.1, 0.15) is 19.4 Å². The molecule has 5 heteroatoms. The zero-order valence-corrected chi connectivity index (χ0v) is 16.1. The third kappa shape index (κ3) is 4.09. The van der Waals surface area contributed by atoms with E-state index in [1.165, 1.54) is 10.7 Å². The quantitative estimate of drug-likeness (QED) is 0.700. The Morgan fingerprint density at radius 1 is 1.04 bits per heavy atom. The van der Waals surface area contributed by atoms with E-state index in [4.69, 9.17) is 4.74 Å². The van der Waals surface area contributed by atoms with Crippen LogP contribution in [0.3, 0.4) is 0 Å². The first-order valence-corrected chi connectivity index (χ1v) is 9.21. The summed E-state index contributed by atoms with van der Waals surface area (Å²) < 4.78 is 5.25. The Labute approximate surface area is 160 Å². The highest BCUT2D eigenvalue weighted by atomic mass is 16.5. The number of benzene rings is 2. The summed E-state index contributed by atoms with van der Waals surface area (Å²) in [6.07, 6.45) is 1.88. The molecule has 0 saturated carbocycles. The minimum absolute atomic E-state index is 0.138. The Kier molecular flexibility index (Phi) is 6.04. The van der Waals surface area contributed by atoms with E-state index in [-0.39, 0.29) is 5.91 Å². The maximum atomic E-state index is 12.9. The van der Waals surface area contributed by atoms with Gasteiger partial charge in [0.25, 0.3) is 5.91 Å². The minimum atomic E-state index is -0.138. The maximum absolute atomic E-state index is 12.9. The van der Waals surface area contributed by atoms with Crippen molar-refractivity contribution in [3.05, 3.63) is 65.7 Å². The fraction of sp³-hybridized carbons (Fsp3) is 0.273. The Hall–Kier alpha value is -2.92. The van der Waals surface area contributed by atoms with Gasteiger partial charge in [-0.25, -0.2) is 0 Å². The molecule has 0 spiro atoms. The van der Waals surface area contributed by atoms with Gasteiger partial charge in [0, 0.05) is 25.9 Å². The Morgan fingerprint density at radius 3 is 2.30 bits per heavy atom. The van der Waals surface area contributed by atoms with Crippen molar-refractivity contribution in [3.63, 3.8) is 0 Å². The first kappa shape index (κ1) is 18.9. The van der Waals surface area contributed by atoms with Crippen LogP contribution in [0.15, 0.2) is 65.3 Å². The summed E-state index contributed by atoms with van der Waals surface area (Å²) in [5.41, 5.74) is 4.09. The van der Waals surface area contributed by atoms with Gasteiger partial charge in [-0.3, -0.25) is 4.79 Å². The van der Waals surface area contributed by atoms with Crippen molar-refractivity contribution in [2.24, 2.45) is 5.10 Å². The van der Waals surface area contributed by atoms with Gasteiger partial charge in [0.15, 0.2) is 0 Å². The van der Waals surface area contributed by atoms with Gasteiger partial charge in [0.2, 0.25) is 0 Å². The van der Waals surface area contributed by atoms with Crippen LogP contribution < -0.4 is 9.91 Å². The summed E-state index contributed by atoms with van der Waals surface area (Å²) in [6.45, 7) is 6.50. The predicted molar refractivity (Wildman–Crippen MR) is 111 cm³/mol. The van der Waals surface area contributed by atoms with E-state index in [9.17, 15) is 4.79 Å². The van der Waals surface area contributed by atoms with Crippen LogP contribution in [0.5, 0.6) is 0 Å². The largest absolute Gasteiger partial charge is 0.378 e. The molecule has 5 nitrogen and oxygen atoms in total. The summed E-state index contributed by atoms with van der Waals surface area (Å²) in [4.78, 5) is 15.2. The lowest BCUT2D eigenvalue weighted by molar-refractivity contribution is -0.114. The average Bonchev–Trinajstić information content (AvgIpc) is 3.01. The average molecular weight is 363 g/mol. The Balaban J connectivity index is 1.90. The molecular weight excluding hydrogens is 338 g/mol. The number of carbonyl (C=O) groups is 1. The highest BCUT2D eigenvalue weighted by molar-refractivity contribution is 6.33. The summed E-state index contributed by atoms with van der Waals surface area (Å²) >= 11 is 0. The van der Waals surface area contributed by atoms with E-state index in [1.807, 2.05) is 48.5 Å². The normalized spacial score (nSPS) is 15.4. The molecule has 27 heavy (non-hydrogen) atoms. The van der Waals surface area contributed by atoms with E-state index in [0.29, 0.717) is 17.9 Å². The number of para-hydroxylation sites is 1. The minimum Gasteiger partial charge on any atom is -0.378 e. The van der Waals surface area contributed by atoms with Gasteiger partial charge in [-0.15, -0.1) is 0 Å². The highest BCUT2D eigenvalue weighted by Gasteiger charge is 2.30. The van der Waals surface area contributed by atoms with Gasteiger partial charge >= 0.3 is 0 Å². The number of ether oxygens (including phenoxy) is 1. The van der Waals surface area contributed by atoms with Gasteiger partial charge in [-0.2, -0.15) is 10.1 Å². The lowest BCUT2D eigenvalue weighted by Gasteiger charge is -2.20. The number of hydrogen-bond donors (Lipinski definition) is 0. The van der Waals surface area contributed by atoms with Crippen molar-refractivity contribution in [2.75, 3.05) is 36.7 Å². The van der Waals surface area contributed by atoms with Crippen LogP contribution in [0.25, 0.3) is 6.08 Å². The van der Waals surface area contributed by atoms with E-state index < -0.39 is 0 Å². The van der Waals surface area contributed by atoms with Crippen LogP contribution in [0, 0.1) is 0 Å². The fourth-order valence-electron chi connectivity index (χ4n) is 3.13. The smallest absolute Gasteiger partial charge is 0.280 e. The topological polar surface area (TPSA) is 45.1 Å². The molecule has 0 saturated heterocycles. The molecule has 3 rings (SSSR count). The molecule has 1 aliphatic heterocycles. The number of hydrogen-bond acceptors (Lipinski definition) is 4. The molecule has 0 fully saturated rings. The lowest BCUT2D eigenvalue weighted by Crippen LogP contribution is -2.22. The second kappa shape index (κ2) is 8.64. The summed E-state index contributed by atoms with van der Waals surface area (Å²) in [6, 6.07) is 17.7. The maximum Gasteiger partial charge on any atom is 0.280 e. The first-order chi connectivity index (χ1) is 13.2. The van der Waals surface area contributed by atoms with E-state index in [1.54, 1.807) is 7.11 Å². The summed E-state index contributed by atoms with van der Waals surface area (Å²) in [7, 11) is 1.61. The zero-order chi connectivity index (χ0) is 19.2. The highest BCUT2D eigenvalue weighted by Crippen LogP contribution is 2.25. The van der Waals surface area contributed by atoms with Crippen LogP contribution >= 0.6 is 0 Å². The molecule has 2 aromatic rings. The van der Waals surface area contributed by atoms with E-state index in [0.717, 1.165) is 24.3 Å². The molecule has 1 amide bonds. The van der Waals surface area contributed by atoms with Gasteiger partial charge in [0.1, 0.15) is 0 Å². The molecule has 1 heterocycles. The molecule has 0 aromatic heterocycles. The molecule has 0 N–H and O–H groups in total. The zero-order valence-electron chi connectivity index (χ0n) is 16.1. The molecule has 0 unspecified atom stereocenters. The van der Waals surface area contributed by atoms with Crippen molar-refractivity contribution in [2.45, 2.75) is 13.8 Å². The van der Waals surface area contributed by atoms with Crippen LogP contribution in [-0.2, 0) is 9.53 Å². The van der Waals surface area contributed by atoms with Gasteiger partial charge in [-0.05, 0) is 49.8 Å². The van der Waals surface area contributed by atoms with Crippen molar-refractivity contribution in [3.8, 4) is 0 Å². The third-order valence-electron chi connectivity index (χ3n) is 4.57. The standard InChI is InChI=1S/C22H25N3O2/c1-4-24(5-2)18-13-11-17(12-14-18)15-20-21(16-27-3)23-25(22(20)26)19-9-7-6-8-10-19/h6-15H,4-5,16H2,1-3H3/b20-15+. The number of anilines is 2. The number of hydrazone groups is 1. The Morgan fingerprint density at radius 2 is 1.70 bits per heavy atom. The summed E-state index contributed by atoms with van der Waals surface area (Å²) in [5.74, 6) is -0.138. The molecular formula is C22H25N3O2. The number of amides is 1. The first-order valence-electron chi connectivity index (χ1n) is 9.21. The van der Waals surface area contributed by atoms with Crippen molar-refractivity contribution >= 4 is 29.1 Å². The predicted octanol–water partition coefficient (Wildman–Crippen LogP) is 3.97. The SMILES string of the molecule is CCN(CC)c1ccc(/C=C2/C(=O)N(c3ccccc3)N=C2COC)cc1. The second-order valence-corrected chi connectivity index (χ2v) is 6.25. The molecule has 0 bridgehead atoms. The van der Waals surface area contributed by atoms with Gasteiger partial charge < -0.3 is 9.64 Å². The van der Waals surface area contributed by atoms with Gasteiger partial charge in [0.05, 0.1) is 23.6 Å². The van der Waals surface area contributed by atoms with Crippen LogP contribution in [-0.4, -0.2) is 38.4 Å². The molecule has 140 valence electrons. The number of rotatable bonds is 7.